The molecule has 26 heavy (non-hydrogen) atoms. The van der Waals surface area contributed by atoms with Crippen LogP contribution in [-0.4, -0.2) is 26.7 Å². The number of carbonyl (C=O) groups excluding carboxylic acids is 1. The van der Waals surface area contributed by atoms with Crippen molar-refractivity contribution in [2.24, 2.45) is 23.2 Å². The molecule has 1 N–H and O–H groups in total. The second-order valence-corrected chi connectivity index (χ2v) is 8.84. The van der Waals surface area contributed by atoms with Gasteiger partial charge in [-0.25, -0.2) is 0 Å². The molecular formula is C22H31NO3. The molecule has 0 atom stereocenters. The molecule has 1 aromatic carbocycles. The summed E-state index contributed by atoms with van der Waals surface area (Å²) in [6, 6.07) is 4.04. The van der Waals surface area contributed by atoms with Gasteiger partial charge in [-0.3, -0.25) is 4.79 Å². The maximum Gasteiger partial charge on any atom is 0.226 e. The average Bonchev–Trinajstić information content (AvgIpc) is 2.61. The number of ether oxygens (including phenoxy) is 2. The second-order valence-electron chi connectivity index (χ2n) is 8.84. The largest absolute Gasteiger partial charge is 0.493 e. The fourth-order valence-electron chi connectivity index (χ4n) is 6.18. The lowest BCUT2D eigenvalue weighted by Crippen LogP contribution is -2.53. The average molecular weight is 357 g/mol. The van der Waals surface area contributed by atoms with Crippen LogP contribution in [0.4, 0.5) is 0 Å². The first kappa shape index (κ1) is 17.7. The number of carbonyl (C=O) groups is 1. The summed E-state index contributed by atoms with van der Waals surface area (Å²) in [5.74, 6) is 4.24. The Hall–Kier alpha value is -1.71. The minimum Gasteiger partial charge on any atom is -0.493 e. The van der Waals surface area contributed by atoms with Gasteiger partial charge < -0.3 is 14.8 Å². The predicted octanol–water partition coefficient (Wildman–Crippen LogP) is 3.89. The van der Waals surface area contributed by atoms with Crippen LogP contribution in [0.1, 0.15) is 49.7 Å². The van der Waals surface area contributed by atoms with Crippen molar-refractivity contribution in [3.8, 4) is 11.5 Å². The van der Waals surface area contributed by atoms with Gasteiger partial charge in [0.05, 0.1) is 14.2 Å². The maximum atomic E-state index is 13.0. The summed E-state index contributed by atoms with van der Waals surface area (Å²) in [4.78, 5) is 13.0. The number of hydrogen-bond acceptors (Lipinski definition) is 3. The van der Waals surface area contributed by atoms with Gasteiger partial charge >= 0.3 is 0 Å². The summed E-state index contributed by atoms with van der Waals surface area (Å²) in [6.07, 6.45) is 8.32. The lowest BCUT2D eigenvalue weighted by molar-refractivity contribution is -0.146. The molecular weight excluding hydrogens is 326 g/mol. The van der Waals surface area contributed by atoms with E-state index in [0.717, 1.165) is 54.9 Å². The van der Waals surface area contributed by atoms with Crippen LogP contribution in [0.15, 0.2) is 12.1 Å². The number of hydrogen-bond donors (Lipinski definition) is 1. The highest BCUT2D eigenvalue weighted by Crippen LogP contribution is 2.60. The van der Waals surface area contributed by atoms with E-state index < -0.39 is 0 Å². The van der Waals surface area contributed by atoms with Gasteiger partial charge in [-0.05, 0) is 92.9 Å². The smallest absolute Gasteiger partial charge is 0.226 e. The first-order valence-corrected chi connectivity index (χ1v) is 10.0. The normalized spacial score (nSPS) is 31.7. The number of nitrogens with one attached hydrogen (secondary N) is 1. The SMILES string of the molecule is COc1cc(C)c(CCNC(=O)C23CC4CC(CC(C4)C2)C3)cc1OC. The van der Waals surface area contributed by atoms with Crippen LogP contribution >= 0.6 is 0 Å². The number of aryl methyl sites for hydroxylation is 1. The van der Waals surface area contributed by atoms with E-state index >= 15 is 0 Å². The highest BCUT2D eigenvalue weighted by molar-refractivity contribution is 5.83. The Morgan fingerprint density at radius 2 is 1.58 bits per heavy atom. The quantitative estimate of drug-likeness (QED) is 0.840. The van der Waals surface area contributed by atoms with Gasteiger partial charge in [-0.2, -0.15) is 0 Å². The first-order chi connectivity index (χ1) is 12.5. The summed E-state index contributed by atoms with van der Waals surface area (Å²) in [5.41, 5.74) is 2.32. The summed E-state index contributed by atoms with van der Waals surface area (Å²) in [6.45, 7) is 2.77. The molecule has 4 saturated carbocycles. The van der Waals surface area contributed by atoms with Gasteiger partial charge in [0.25, 0.3) is 0 Å². The van der Waals surface area contributed by atoms with Crippen LogP contribution < -0.4 is 14.8 Å². The van der Waals surface area contributed by atoms with Gasteiger partial charge in [0.2, 0.25) is 5.91 Å². The molecule has 4 nitrogen and oxygen atoms in total. The molecule has 4 aliphatic rings. The Morgan fingerprint density at radius 1 is 1.04 bits per heavy atom. The zero-order valence-electron chi connectivity index (χ0n) is 16.3. The van der Waals surface area contributed by atoms with Crippen molar-refractivity contribution >= 4 is 5.91 Å². The van der Waals surface area contributed by atoms with Crippen molar-refractivity contribution in [1.29, 1.82) is 0 Å². The Kier molecular flexibility index (Phi) is 4.62. The summed E-state index contributed by atoms with van der Waals surface area (Å²) in [5, 5.41) is 3.27. The lowest BCUT2D eigenvalue weighted by atomic mass is 9.49. The van der Waals surface area contributed by atoms with Crippen LogP contribution in [0.5, 0.6) is 11.5 Å². The van der Waals surface area contributed by atoms with Crippen molar-refractivity contribution in [3.63, 3.8) is 0 Å². The molecule has 4 fully saturated rings. The molecule has 142 valence electrons. The Morgan fingerprint density at radius 3 is 2.12 bits per heavy atom. The zero-order valence-corrected chi connectivity index (χ0v) is 16.3. The standard InChI is InChI=1S/C22H31NO3/c1-14-6-19(25-2)20(26-3)10-18(14)4-5-23-21(24)22-11-15-7-16(12-22)9-17(8-15)13-22/h6,10,15-17H,4-5,7-9,11-13H2,1-3H3,(H,23,24). The topological polar surface area (TPSA) is 47.6 Å². The Balaban J connectivity index is 1.39. The van der Waals surface area contributed by atoms with E-state index in [1.807, 2.05) is 12.1 Å². The molecule has 0 aromatic heterocycles. The van der Waals surface area contributed by atoms with E-state index in [-0.39, 0.29) is 5.41 Å². The maximum absolute atomic E-state index is 13.0. The molecule has 0 radical (unpaired) electrons. The number of methoxy groups -OCH3 is 2. The highest BCUT2D eigenvalue weighted by atomic mass is 16.5. The van der Waals surface area contributed by atoms with E-state index in [0.29, 0.717) is 12.5 Å². The van der Waals surface area contributed by atoms with Crippen molar-refractivity contribution in [2.75, 3.05) is 20.8 Å². The van der Waals surface area contributed by atoms with Crippen LogP contribution in [0.25, 0.3) is 0 Å². The number of amides is 1. The molecule has 4 aliphatic carbocycles. The highest BCUT2D eigenvalue weighted by Gasteiger charge is 2.54. The van der Waals surface area contributed by atoms with Crippen LogP contribution in [0.3, 0.4) is 0 Å². The molecule has 0 unspecified atom stereocenters. The van der Waals surface area contributed by atoms with Crippen molar-refractivity contribution in [3.05, 3.63) is 23.3 Å². The molecule has 0 spiro atoms. The third-order valence-electron chi connectivity index (χ3n) is 7.04. The monoisotopic (exact) mass is 357 g/mol. The van der Waals surface area contributed by atoms with Crippen molar-refractivity contribution < 1.29 is 14.3 Å². The molecule has 1 amide bonds. The molecule has 4 bridgehead atoms. The van der Waals surface area contributed by atoms with E-state index in [1.165, 1.54) is 30.4 Å². The third-order valence-corrected chi connectivity index (χ3v) is 7.04. The number of rotatable bonds is 6. The molecule has 0 aliphatic heterocycles. The first-order valence-electron chi connectivity index (χ1n) is 10.0. The fourth-order valence-corrected chi connectivity index (χ4v) is 6.18. The van der Waals surface area contributed by atoms with E-state index in [1.54, 1.807) is 14.2 Å². The summed E-state index contributed by atoms with van der Waals surface area (Å²) >= 11 is 0. The Labute approximate surface area is 156 Å². The van der Waals surface area contributed by atoms with Crippen LogP contribution in [0, 0.1) is 30.1 Å². The predicted molar refractivity (Wildman–Crippen MR) is 102 cm³/mol. The third kappa shape index (κ3) is 3.08. The Bertz CT molecular complexity index is 662. The molecule has 0 saturated heterocycles. The summed E-state index contributed by atoms with van der Waals surface area (Å²) in [7, 11) is 3.31. The fraction of sp³-hybridized carbons (Fsp3) is 0.682. The van der Waals surface area contributed by atoms with Crippen molar-refractivity contribution in [1.82, 2.24) is 5.32 Å². The minimum absolute atomic E-state index is 0.0542. The second kappa shape index (κ2) is 6.79. The van der Waals surface area contributed by atoms with Gasteiger partial charge in [0.15, 0.2) is 11.5 Å². The zero-order chi connectivity index (χ0) is 18.3. The van der Waals surface area contributed by atoms with Gasteiger partial charge in [-0.1, -0.05) is 0 Å². The van der Waals surface area contributed by atoms with E-state index in [9.17, 15) is 4.79 Å². The van der Waals surface area contributed by atoms with E-state index in [4.69, 9.17) is 9.47 Å². The van der Waals surface area contributed by atoms with Gasteiger partial charge in [0.1, 0.15) is 0 Å². The molecule has 1 aromatic rings. The number of benzene rings is 1. The molecule has 0 heterocycles. The van der Waals surface area contributed by atoms with E-state index in [2.05, 4.69) is 12.2 Å². The minimum atomic E-state index is -0.0542. The van der Waals surface area contributed by atoms with Crippen molar-refractivity contribution in [2.45, 2.75) is 51.9 Å². The van der Waals surface area contributed by atoms with Crippen LogP contribution in [-0.2, 0) is 11.2 Å². The van der Waals surface area contributed by atoms with Crippen LogP contribution in [0.2, 0.25) is 0 Å². The van der Waals surface area contributed by atoms with Gasteiger partial charge in [0, 0.05) is 12.0 Å². The lowest BCUT2D eigenvalue weighted by Gasteiger charge is -2.55. The van der Waals surface area contributed by atoms with Gasteiger partial charge in [-0.15, -0.1) is 0 Å². The molecule has 4 heteroatoms. The summed E-state index contributed by atoms with van der Waals surface area (Å²) < 4.78 is 10.8. The molecule has 5 rings (SSSR count).